The van der Waals surface area contributed by atoms with E-state index in [0.717, 1.165) is 50.9 Å². The third-order valence-electron chi connectivity index (χ3n) is 5.38. The Balaban J connectivity index is 1.61. The van der Waals surface area contributed by atoms with Gasteiger partial charge < -0.3 is 10.2 Å². The monoisotopic (exact) mass is 277 g/mol. The van der Waals surface area contributed by atoms with Crippen molar-refractivity contribution in [3.05, 3.63) is 11.8 Å². The molecule has 112 valence electrons. The van der Waals surface area contributed by atoms with E-state index in [1.165, 1.54) is 12.1 Å². The molecule has 1 aliphatic carbocycles. The molecule has 2 fully saturated rings. The standard InChI is InChI=1S/C16H27N3O/c1-3-19(14-6-4-5-7-14)16(20)11-18-10-13-8-17-9-15(13)12(18)2/h6,12-13,15,17H,3-5,7-11H2,1-2H3. The van der Waals surface area contributed by atoms with Crippen molar-refractivity contribution in [1.29, 1.82) is 0 Å². The summed E-state index contributed by atoms with van der Waals surface area (Å²) in [5.74, 6) is 1.78. The highest BCUT2D eigenvalue weighted by Crippen LogP contribution is 2.32. The number of likely N-dealkylation sites (N-methyl/N-ethyl adjacent to an activating group) is 1. The van der Waals surface area contributed by atoms with Crippen LogP contribution in [0, 0.1) is 11.8 Å². The smallest absolute Gasteiger partial charge is 0.240 e. The summed E-state index contributed by atoms with van der Waals surface area (Å²) < 4.78 is 0. The molecule has 2 heterocycles. The molecule has 3 rings (SSSR count). The summed E-state index contributed by atoms with van der Waals surface area (Å²) in [6.45, 7) is 9.11. The summed E-state index contributed by atoms with van der Waals surface area (Å²) in [5, 5.41) is 3.48. The van der Waals surface area contributed by atoms with Crippen LogP contribution in [0.3, 0.4) is 0 Å². The fourth-order valence-electron chi connectivity index (χ4n) is 4.16. The maximum Gasteiger partial charge on any atom is 0.240 e. The van der Waals surface area contributed by atoms with Gasteiger partial charge in [-0.15, -0.1) is 0 Å². The van der Waals surface area contributed by atoms with Crippen molar-refractivity contribution in [3.8, 4) is 0 Å². The SMILES string of the molecule is CCN(C(=O)CN1CC2CNCC2C1C)C1=CCCC1. The van der Waals surface area contributed by atoms with Crippen molar-refractivity contribution >= 4 is 5.91 Å². The minimum atomic E-state index is 0.292. The van der Waals surface area contributed by atoms with Crippen LogP contribution in [-0.4, -0.2) is 54.5 Å². The topological polar surface area (TPSA) is 35.6 Å². The Morgan fingerprint density at radius 3 is 3.00 bits per heavy atom. The van der Waals surface area contributed by atoms with Crippen molar-refractivity contribution in [1.82, 2.24) is 15.1 Å². The molecule has 2 saturated heterocycles. The van der Waals surface area contributed by atoms with Crippen LogP contribution in [0.15, 0.2) is 11.8 Å². The zero-order chi connectivity index (χ0) is 14.1. The van der Waals surface area contributed by atoms with E-state index in [9.17, 15) is 4.79 Å². The second-order valence-electron chi connectivity index (χ2n) is 6.48. The van der Waals surface area contributed by atoms with Crippen molar-refractivity contribution in [2.75, 3.05) is 32.7 Å². The van der Waals surface area contributed by atoms with E-state index in [1.54, 1.807) is 0 Å². The van der Waals surface area contributed by atoms with Crippen LogP contribution in [0.5, 0.6) is 0 Å². The highest BCUT2D eigenvalue weighted by Gasteiger charge is 2.42. The number of carbonyl (C=O) groups excluding carboxylic acids is 1. The summed E-state index contributed by atoms with van der Waals surface area (Å²) in [4.78, 5) is 17.0. The Morgan fingerprint density at radius 1 is 1.50 bits per heavy atom. The average Bonchev–Trinajstić information content (AvgIpc) is 3.12. The third-order valence-corrected chi connectivity index (χ3v) is 5.38. The molecule has 0 aromatic rings. The van der Waals surface area contributed by atoms with Crippen LogP contribution in [0.25, 0.3) is 0 Å². The maximum atomic E-state index is 12.6. The molecule has 0 aromatic heterocycles. The normalized spacial score (nSPS) is 33.3. The second kappa shape index (κ2) is 5.86. The molecule has 4 nitrogen and oxygen atoms in total. The zero-order valence-electron chi connectivity index (χ0n) is 12.8. The molecule has 0 spiro atoms. The Labute approximate surface area is 122 Å². The summed E-state index contributed by atoms with van der Waals surface area (Å²) in [5.41, 5.74) is 1.26. The Morgan fingerprint density at radius 2 is 2.35 bits per heavy atom. The van der Waals surface area contributed by atoms with Gasteiger partial charge in [0.1, 0.15) is 0 Å². The van der Waals surface area contributed by atoms with Gasteiger partial charge in [-0.25, -0.2) is 0 Å². The number of fused-ring (bicyclic) bond motifs is 1. The molecule has 1 amide bonds. The van der Waals surface area contributed by atoms with Crippen LogP contribution in [0.2, 0.25) is 0 Å². The number of hydrogen-bond donors (Lipinski definition) is 1. The van der Waals surface area contributed by atoms with Crippen molar-refractivity contribution < 1.29 is 4.79 Å². The number of likely N-dealkylation sites (tertiary alicyclic amines) is 1. The van der Waals surface area contributed by atoms with Crippen molar-refractivity contribution in [2.24, 2.45) is 11.8 Å². The number of hydrogen-bond acceptors (Lipinski definition) is 3. The van der Waals surface area contributed by atoms with Gasteiger partial charge in [-0.05, 0) is 58.0 Å². The van der Waals surface area contributed by atoms with Crippen LogP contribution < -0.4 is 5.32 Å². The van der Waals surface area contributed by atoms with Crippen LogP contribution >= 0.6 is 0 Å². The molecular formula is C16H27N3O. The Hall–Kier alpha value is -0.870. The fourth-order valence-corrected chi connectivity index (χ4v) is 4.16. The molecular weight excluding hydrogens is 250 g/mol. The highest BCUT2D eigenvalue weighted by molar-refractivity contribution is 5.80. The lowest BCUT2D eigenvalue weighted by Gasteiger charge is -2.28. The van der Waals surface area contributed by atoms with Crippen LogP contribution in [0.1, 0.15) is 33.1 Å². The summed E-state index contributed by atoms with van der Waals surface area (Å²) in [6.07, 6.45) is 5.65. The lowest BCUT2D eigenvalue weighted by Crippen LogP contribution is -2.42. The van der Waals surface area contributed by atoms with E-state index in [-0.39, 0.29) is 0 Å². The van der Waals surface area contributed by atoms with Crippen molar-refractivity contribution in [2.45, 2.75) is 39.2 Å². The molecule has 2 aliphatic heterocycles. The summed E-state index contributed by atoms with van der Waals surface area (Å²) in [7, 11) is 0. The first-order valence-electron chi connectivity index (χ1n) is 8.15. The van der Waals surface area contributed by atoms with Gasteiger partial charge in [0.2, 0.25) is 5.91 Å². The molecule has 3 unspecified atom stereocenters. The predicted molar refractivity (Wildman–Crippen MR) is 80.2 cm³/mol. The molecule has 0 radical (unpaired) electrons. The minimum Gasteiger partial charge on any atom is -0.316 e. The highest BCUT2D eigenvalue weighted by atomic mass is 16.2. The lowest BCUT2D eigenvalue weighted by atomic mass is 9.95. The molecule has 0 saturated carbocycles. The van der Waals surface area contributed by atoms with Gasteiger partial charge in [-0.2, -0.15) is 0 Å². The average molecular weight is 277 g/mol. The quantitative estimate of drug-likeness (QED) is 0.844. The first-order chi connectivity index (χ1) is 9.70. The summed E-state index contributed by atoms with van der Waals surface area (Å²) >= 11 is 0. The first kappa shape index (κ1) is 14.1. The molecule has 20 heavy (non-hydrogen) atoms. The van der Waals surface area contributed by atoms with Gasteiger partial charge in [0, 0.05) is 24.8 Å². The molecule has 0 aromatic carbocycles. The lowest BCUT2D eigenvalue weighted by molar-refractivity contribution is -0.130. The number of nitrogens with one attached hydrogen (secondary N) is 1. The largest absolute Gasteiger partial charge is 0.316 e. The van der Waals surface area contributed by atoms with Gasteiger partial charge >= 0.3 is 0 Å². The van der Waals surface area contributed by atoms with E-state index in [2.05, 4.69) is 30.1 Å². The van der Waals surface area contributed by atoms with Crippen LogP contribution in [0.4, 0.5) is 0 Å². The van der Waals surface area contributed by atoms with E-state index in [0.29, 0.717) is 18.5 Å². The predicted octanol–water partition coefficient (Wildman–Crippen LogP) is 1.44. The number of rotatable bonds is 4. The van der Waals surface area contributed by atoms with Gasteiger partial charge in [-0.1, -0.05) is 6.08 Å². The van der Waals surface area contributed by atoms with Gasteiger partial charge in [-0.3, -0.25) is 9.69 Å². The van der Waals surface area contributed by atoms with Gasteiger partial charge in [0.05, 0.1) is 6.54 Å². The number of amides is 1. The molecule has 3 aliphatic rings. The number of carbonyl (C=O) groups is 1. The maximum absolute atomic E-state index is 12.6. The number of nitrogens with zero attached hydrogens (tertiary/aromatic N) is 2. The Kier molecular flexibility index (Phi) is 4.13. The Bertz CT molecular complexity index is 407. The molecule has 4 heteroatoms. The second-order valence-corrected chi connectivity index (χ2v) is 6.48. The molecule has 0 bridgehead atoms. The van der Waals surface area contributed by atoms with E-state index >= 15 is 0 Å². The molecule has 1 N–H and O–H groups in total. The summed E-state index contributed by atoms with van der Waals surface area (Å²) in [6, 6.07) is 0.537. The van der Waals surface area contributed by atoms with Gasteiger partial charge in [0.15, 0.2) is 0 Å². The minimum absolute atomic E-state index is 0.292. The fraction of sp³-hybridized carbons (Fsp3) is 0.812. The van der Waals surface area contributed by atoms with Crippen molar-refractivity contribution in [3.63, 3.8) is 0 Å². The van der Waals surface area contributed by atoms with E-state index in [4.69, 9.17) is 0 Å². The molecule has 3 atom stereocenters. The zero-order valence-corrected chi connectivity index (χ0v) is 12.8. The van der Waals surface area contributed by atoms with Crippen LogP contribution in [-0.2, 0) is 4.79 Å². The van der Waals surface area contributed by atoms with E-state index in [1.807, 2.05) is 4.90 Å². The van der Waals surface area contributed by atoms with E-state index < -0.39 is 0 Å². The number of allylic oxidation sites excluding steroid dienone is 2. The van der Waals surface area contributed by atoms with Gasteiger partial charge in [0.25, 0.3) is 0 Å². The first-order valence-corrected chi connectivity index (χ1v) is 8.15. The third kappa shape index (κ3) is 2.51.